The SMILES string of the molecule is CCCCN1CCOCC1C(=O)NCc1cccnc1. The van der Waals surface area contributed by atoms with E-state index in [2.05, 4.69) is 22.1 Å². The van der Waals surface area contributed by atoms with Gasteiger partial charge in [0.2, 0.25) is 5.91 Å². The number of hydrogen-bond acceptors (Lipinski definition) is 4. The molecule has 1 aromatic rings. The first-order valence-corrected chi connectivity index (χ1v) is 7.29. The van der Waals surface area contributed by atoms with Gasteiger partial charge < -0.3 is 10.1 Å². The molecule has 1 unspecified atom stereocenters. The van der Waals surface area contributed by atoms with Crippen molar-refractivity contribution in [3.8, 4) is 0 Å². The molecule has 110 valence electrons. The second-order valence-corrected chi connectivity index (χ2v) is 5.06. The van der Waals surface area contributed by atoms with Gasteiger partial charge in [-0.05, 0) is 24.6 Å². The standard InChI is InChI=1S/C15H23N3O2/c1-2-3-7-18-8-9-20-12-14(18)15(19)17-11-13-5-4-6-16-10-13/h4-6,10,14H,2-3,7-9,11-12H2,1H3,(H,17,19). The third kappa shape index (κ3) is 4.28. The van der Waals surface area contributed by atoms with Gasteiger partial charge in [0.25, 0.3) is 0 Å². The van der Waals surface area contributed by atoms with Crippen molar-refractivity contribution >= 4 is 5.91 Å². The first-order valence-electron chi connectivity index (χ1n) is 7.29. The Kier molecular flexibility index (Phi) is 5.95. The van der Waals surface area contributed by atoms with Gasteiger partial charge in [-0.25, -0.2) is 0 Å². The Balaban J connectivity index is 1.85. The van der Waals surface area contributed by atoms with Crippen molar-refractivity contribution in [1.29, 1.82) is 0 Å². The molecule has 1 aliphatic heterocycles. The maximum Gasteiger partial charge on any atom is 0.240 e. The average Bonchev–Trinajstić information content (AvgIpc) is 2.52. The van der Waals surface area contributed by atoms with Crippen LogP contribution in [0.3, 0.4) is 0 Å². The molecule has 1 fully saturated rings. The molecule has 2 heterocycles. The summed E-state index contributed by atoms with van der Waals surface area (Å²) >= 11 is 0. The third-order valence-corrected chi connectivity index (χ3v) is 3.53. The zero-order valence-electron chi connectivity index (χ0n) is 12.0. The summed E-state index contributed by atoms with van der Waals surface area (Å²) in [7, 11) is 0. The fourth-order valence-corrected chi connectivity index (χ4v) is 2.32. The van der Waals surface area contributed by atoms with Crippen LogP contribution < -0.4 is 5.32 Å². The Morgan fingerprint density at radius 3 is 3.25 bits per heavy atom. The lowest BCUT2D eigenvalue weighted by Gasteiger charge is -2.34. The van der Waals surface area contributed by atoms with Crippen LogP contribution in [-0.2, 0) is 16.1 Å². The fraction of sp³-hybridized carbons (Fsp3) is 0.600. The van der Waals surface area contributed by atoms with Crippen molar-refractivity contribution in [3.63, 3.8) is 0 Å². The number of ether oxygens (including phenoxy) is 1. The Hall–Kier alpha value is -1.46. The van der Waals surface area contributed by atoms with Gasteiger partial charge in [0.15, 0.2) is 0 Å². The number of carbonyl (C=O) groups excluding carboxylic acids is 1. The van der Waals surface area contributed by atoms with Crippen LogP contribution in [0.25, 0.3) is 0 Å². The Morgan fingerprint density at radius 2 is 2.50 bits per heavy atom. The van der Waals surface area contributed by atoms with Crippen molar-refractivity contribution in [2.24, 2.45) is 0 Å². The number of nitrogens with zero attached hydrogens (tertiary/aromatic N) is 2. The predicted octanol–water partition coefficient (Wildman–Crippen LogP) is 1.20. The minimum absolute atomic E-state index is 0.0460. The molecule has 1 amide bonds. The van der Waals surface area contributed by atoms with E-state index in [0.717, 1.165) is 38.1 Å². The van der Waals surface area contributed by atoms with E-state index >= 15 is 0 Å². The summed E-state index contributed by atoms with van der Waals surface area (Å²) in [5.41, 5.74) is 1.01. The monoisotopic (exact) mass is 277 g/mol. The minimum Gasteiger partial charge on any atom is -0.378 e. The van der Waals surface area contributed by atoms with Crippen molar-refractivity contribution in [3.05, 3.63) is 30.1 Å². The first-order chi connectivity index (χ1) is 9.81. The van der Waals surface area contributed by atoms with Crippen LogP contribution >= 0.6 is 0 Å². The second-order valence-electron chi connectivity index (χ2n) is 5.06. The molecule has 1 aromatic heterocycles. The van der Waals surface area contributed by atoms with Crippen molar-refractivity contribution in [2.75, 3.05) is 26.3 Å². The predicted molar refractivity (Wildman–Crippen MR) is 77.2 cm³/mol. The van der Waals surface area contributed by atoms with Gasteiger partial charge >= 0.3 is 0 Å². The summed E-state index contributed by atoms with van der Waals surface area (Å²) in [6.07, 6.45) is 5.76. The van der Waals surface area contributed by atoms with E-state index in [1.807, 2.05) is 12.1 Å². The highest BCUT2D eigenvalue weighted by atomic mass is 16.5. The molecule has 5 heteroatoms. The molecule has 20 heavy (non-hydrogen) atoms. The summed E-state index contributed by atoms with van der Waals surface area (Å²) < 4.78 is 5.45. The van der Waals surface area contributed by atoms with E-state index in [-0.39, 0.29) is 11.9 Å². The van der Waals surface area contributed by atoms with Crippen LogP contribution in [0, 0.1) is 0 Å². The lowest BCUT2D eigenvalue weighted by molar-refractivity contribution is -0.132. The third-order valence-electron chi connectivity index (χ3n) is 3.53. The molecule has 0 saturated carbocycles. The largest absolute Gasteiger partial charge is 0.378 e. The summed E-state index contributed by atoms with van der Waals surface area (Å²) in [4.78, 5) is 18.6. The number of rotatable bonds is 6. The molecular formula is C15H23N3O2. The normalized spacial score (nSPS) is 19.8. The molecule has 2 rings (SSSR count). The molecule has 1 aliphatic rings. The van der Waals surface area contributed by atoms with Crippen molar-refractivity contribution < 1.29 is 9.53 Å². The Bertz CT molecular complexity index is 411. The van der Waals surface area contributed by atoms with Crippen LogP contribution in [0.2, 0.25) is 0 Å². The Labute approximate surface area is 120 Å². The molecule has 1 saturated heterocycles. The highest BCUT2D eigenvalue weighted by Crippen LogP contribution is 2.09. The van der Waals surface area contributed by atoms with E-state index in [4.69, 9.17) is 4.74 Å². The highest BCUT2D eigenvalue weighted by molar-refractivity contribution is 5.82. The quantitative estimate of drug-likeness (QED) is 0.849. The molecule has 0 bridgehead atoms. The summed E-state index contributed by atoms with van der Waals surface area (Å²) in [5.74, 6) is 0.0460. The lowest BCUT2D eigenvalue weighted by Crippen LogP contribution is -2.53. The van der Waals surface area contributed by atoms with Gasteiger partial charge in [-0.3, -0.25) is 14.7 Å². The number of amides is 1. The van der Waals surface area contributed by atoms with Gasteiger partial charge in [0.1, 0.15) is 6.04 Å². The average molecular weight is 277 g/mol. The number of nitrogens with one attached hydrogen (secondary N) is 1. The Morgan fingerprint density at radius 1 is 1.60 bits per heavy atom. The smallest absolute Gasteiger partial charge is 0.240 e. The number of morpholine rings is 1. The van der Waals surface area contributed by atoms with Crippen LogP contribution in [0.15, 0.2) is 24.5 Å². The van der Waals surface area contributed by atoms with Gasteiger partial charge in [-0.15, -0.1) is 0 Å². The maximum atomic E-state index is 12.3. The summed E-state index contributed by atoms with van der Waals surface area (Å²) in [6.45, 7) is 5.69. The zero-order chi connectivity index (χ0) is 14.2. The maximum absolute atomic E-state index is 12.3. The van der Waals surface area contributed by atoms with Gasteiger partial charge in [0, 0.05) is 25.5 Å². The minimum atomic E-state index is -0.160. The van der Waals surface area contributed by atoms with E-state index in [1.165, 1.54) is 0 Å². The van der Waals surface area contributed by atoms with E-state index in [9.17, 15) is 4.79 Å². The second kappa shape index (κ2) is 7.97. The molecule has 5 nitrogen and oxygen atoms in total. The van der Waals surface area contributed by atoms with E-state index in [1.54, 1.807) is 12.4 Å². The summed E-state index contributed by atoms with van der Waals surface area (Å²) in [6, 6.07) is 3.67. The van der Waals surface area contributed by atoms with Crippen molar-refractivity contribution in [1.82, 2.24) is 15.2 Å². The lowest BCUT2D eigenvalue weighted by atomic mass is 10.2. The van der Waals surface area contributed by atoms with Gasteiger partial charge in [0.05, 0.1) is 13.2 Å². The molecular weight excluding hydrogens is 254 g/mol. The highest BCUT2D eigenvalue weighted by Gasteiger charge is 2.28. The molecule has 0 radical (unpaired) electrons. The van der Waals surface area contributed by atoms with E-state index < -0.39 is 0 Å². The number of unbranched alkanes of at least 4 members (excludes halogenated alkanes) is 1. The van der Waals surface area contributed by atoms with E-state index in [0.29, 0.717) is 13.2 Å². The van der Waals surface area contributed by atoms with Gasteiger partial charge in [-0.1, -0.05) is 19.4 Å². The van der Waals surface area contributed by atoms with Crippen LogP contribution in [0.4, 0.5) is 0 Å². The molecule has 0 aromatic carbocycles. The van der Waals surface area contributed by atoms with Crippen LogP contribution in [0.1, 0.15) is 25.3 Å². The first kappa shape index (κ1) is 14.9. The zero-order valence-corrected chi connectivity index (χ0v) is 12.0. The molecule has 1 atom stereocenters. The molecule has 0 aliphatic carbocycles. The number of aromatic nitrogens is 1. The number of pyridine rings is 1. The fourth-order valence-electron chi connectivity index (χ4n) is 2.32. The van der Waals surface area contributed by atoms with Crippen LogP contribution in [0.5, 0.6) is 0 Å². The summed E-state index contributed by atoms with van der Waals surface area (Å²) in [5, 5.41) is 2.97. The number of hydrogen-bond donors (Lipinski definition) is 1. The van der Waals surface area contributed by atoms with Crippen LogP contribution in [-0.4, -0.2) is 48.1 Å². The molecule has 1 N–H and O–H groups in total. The number of carbonyl (C=O) groups is 1. The topological polar surface area (TPSA) is 54.5 Å². The molecule has 0 spiro atoms. The van der Waals surface area contributed by atoms with Gasteiger partial charge in [-0.2, -0.15) is 0 Å². The van der Waals surface area contributed by atoms with Crippen molar-refractivity contribution in [2.45, 2.75) is 32.4 Å².